The molecule has 2 aliphatic heterocycles. The van der Waals surface area contributed by atoms with Crippen molar-refractivity contribution in [2.45, 2.75) is 57.4 Å². The summed E-state index contributed by atoms with van der Waals surface area (Å²) in [7, 11) is 3.09. The van der Waals surface area contributed by atoms with Gasteiger partial charge in [-0.3, -0.25) is 9.59 Å². The number of esters is 1. The van der Waals surface area contributed by atoms with Crippen LogP contribution in [-0.2, 0) is 14.3 Å². The molecule has 2 heterocycles. The zero-order valence-electron chi connectivity index (χ0n) is 17.8. The Balaban J connectivity index is 1.76. The Kier molecular flexibility index (Phi) is 6.81. The number of carbonyl (C=O) groups excluding carboxylic acids is 3. The highest BCUT2D eigenvalue weighted by Gasteiger charge is 2.39. The second-order valence-electron chi connectivity index (χ2n) is 7.91. The monoisotopic (exact) mass is 419 g/mol. The zero-order chi connectivity index (χ0) is 21.8. The molecule has 9 nitrogen and oxygen atoms in total. The molecule has 0 saturated carbocycles. The molecule has 0 bridgehead atoms. The number of anilines is 1. The smallest absolute Gasteiger partial charge is 0.319 e. The maximum absolute atomic E-state index is 13.2. The lowest BCUT2D eigenvalue weighted by Gasteiger charge is -2.42. The van der Waals surface area contributed by atoms with Crippen LogP contribution < -0.4 is 15.4 Å². The Morgan fingerprint density at radius 3 is 2.77 bits per heavy atom. The average molecular weight is 419 g/mol. The zero-order valence-corrected chi connectivity index (χ0v) is 17.8. The Labute approximate surface area is 176 Å². The number of nitrogens with zero attached hydrogens (tertiary/aromatic N) is 1. The molecule has 0 radical (unpaired) electrons. The second-order valence-corrected chi connectivity index (χ2v) is 7.91. The molecular weight excluding hydrogens is 390 g/mol. The van der Waals surface area contributed by atoms with Gasteiger partial charge in [0.15, 0.2) is 0 Å². The lowest BCUT2D eigenvalue weighted by Crippen LogP contribution is -2.53. The first-order chi connectivity index (χ1) is 14.3. The Morgan fingerprint density at radius 1 is 1.30 bits per heavy atom. The van der Waals surface area contributed by atoms with Crippen molar-refractivity contribution in [1.82, 2.24) is 10.2 Å². The van der Waals surface area contributed by atoms with Crippen LogP contribution in [0.1, 0.15) is 43.5 Å². The number of ether oxygens (including phenoxy) is 3. The maximum Gasteiger partial charge on any atom is 0.319 e. The highest BCUT2D eigenvalue weighted by molar-refractivity contribution is 5.99. The van der Waals surface area contributed by atoms with Crippen LogP contribution in [0.2, 0.25) is 0 Å². The average Bonchev–Trinajstić information content (AvgIpc) is 2.70. The van der Waals surface area contributed by atoms with Crippen LogP contribution >= 0.6 is 0 Å². The number of fused-ring (bicyclic) bond motifs is 2. The fourth-order valence-electron chi connectivity index (χ4n) is 3.80. The molecule has 164 valence electrons. The Bertz CT molecular complexity index is 812. The van der Waals surface area contributed by atoms with E-state index in [2.05, 4.69) is 10.6 Å². The van der Waals surface area contributed by atoms with Gasteiger partial charge in [0.2, 0.25) is 0 Å². The highest BCUT2D eigenvalue weighted by atomic mass is 16.5. The van der Waals surface area contributed by atoms with Crippen LogP contribution in [0.25, 0.3) is 0 Å². The first kappa shape index (κ1) is 21.9. The van der Waals surface area contributed by atoms with Crippen molar-refractivity contribution in [3.8, 4) is 5.75 Å². The van der Waals surface area contributed by atoms with Gasteiger partial charge in [-0.25, -0.2) is 4.79 Å². The lowest BCUT2D eigenvalue weighted by atomic mass is 9.94. The fourth-order valence-corrected chi connectivity index (χ4v) is 3.80. The minimum Gasteiger partial charge on any atom is -0.490 e. The molecule has 0 aromatic heterocycles. The minimum atomic E-state index is -0.342. The van der Waals surface area contributed by atoms with Crippen LogP contribution in [-0.4, -0.2) is 67.9 Å². The van der Waals surface area contributed by atoms with E-state index in [-0.39, 0.29) is 55.2 Å². The van der Waals surface area contributed by atoms with Crippen LogP contribution in [0.3, 0.4) is 0 Å². The Hall–Kier alpha value is -2.81. The molecule has 9 heteroatoms. The predicted molar refractivity (Wildman–Crippen MR) is 110 cm³/mol. The standard InChI is InChI=1S/C21H29N3O6/c1-12(2)22-21(27)23-13-5-8-17-15(9-13)20(26)24(3)16-7-6-14(10-19(25)28-4)30-18(16)11-29-17/h5,8-9,12,14,16,18H,6-7,10-11H2,1-4H3,(H2,22,23,27)/t14-,16+,18-/m1/s1. The first-order valence-corrected chi connectivity index (χ1v) is 10.1. The van der Waals surface area contributed by atoms with E-state index >= 15 is 0 Å². The van der Waals surface area contributed by atoms with Crippen molar-refractivity contribution in [3.63, 3.8) is 0 Å². The molecule has 1 saturated heterocycles. The largest absolute Gasteiger partial charge is 0.490 e. The van der Waals surface area contributed by atoms with Crippen molar-refractivity contribution in [1.29, 1.82) is 0 Å². The van der Waals surface area contributed by atoms with Gasteiger partial charge in [-0.2, -0.15) is 0 Å². The second kappa shape index (κ2) is 9.34. The number of likely N-dealkylation sites (N-methyl/N-ethyl adjacent to an activating group) is 1. The Morgan fingerprint density at radius 2 is 2.07 bits per heavy atom. The van der Waals surface area contributed by atoms with Crippen molar-refractivity contribution < 1.29 is 28.6 Å². The van der Waals surface area contributed by atoms with E-state index in [1.807, 2.05) is 13.8 Å². The van der Waals surface area contributed by atoms with Crippen molar-refractivity contribution in [2.24, 2.45) is 0 Å². The molecule has 1 fully saturated rings. The molecule has 0 spiro atoms. The lowest BCUT2D eigenvalue weighted by molar-refractivity contribution is -0.151. The van der Waals surface area contributed by atoms with Gasteiger partial charge in [-0.1, -0.05) is 0 Å². The van der Waals surface area contributed by atoms with Gasteiger partial charge in [-0.05, 0) is 44.9 Å². The van der Waals surface area contributed by atoms with Crippen LogP contribution in [0.4, 0.5) is 10.5 Å². The molecule has 0 aliphatic carbocycles. The normalized spacial score (nSPS) is 23.4. The number of hydrogen-bond donors (Lipinski definition) is 2. The summed E-state index contributed by atoms with van der Waals surface area (Å²) in [4.78, 5) is 38.4. The number of urea groups is 1. The molecule has 3 atom stereocenters. The SMILES string of the molecule is COC(=O)C[C@H]1CC[C@H]2[C@@H](COc3ccc(NC(=O)NC(C)C)cc3C(=O)N2C)O1. The van der Waals surface area contributed by atoms with E-state index in [1.165, 1.54) is 7.11 Å². The number of hydrogen-bond acceptors (Lipinski definition) is 6. The van der Waals surface area contributed by atoms with E-state index in [9.17, 15) is 14.4 Å². The summed E-state index contributed by atoms with van der Waals surface area (Å²) < 4.78 is 16.7. The highest BCUT2D eigenvalue weighted by Crippen LogP contribution is 2.32. The number of benzene rings is 1. The third-order valence-electron chi connectivity index (χ3n) is 5.31. The molecule has 2 aliphatic rings. The summed E-state index contributed by atoms with van der Waals surface area (Å²) >= 11 is 0. The van der Waals surface area contributed by atoms with Gasteiger partial charge < -0.3 is 29.7 Å². The fraction of sp³-hybridized carbons (Fsp3) is 0.571. The van der Waals surface area contributed by atoms with Gasteiger partial charge in [-0.15, -0.1) is 0 Å². The molecule has 1 aromatic rings. The quantitative estimate of drug-likeness (QED) is 0.725. The molecule has 0 unspecified atom stereocenters. The van der Waals surface area contributed by atoms with E-state index in [0.29, 0.717) is 29.8 Å². The van der Waals surface area contributed by atoms with E-state index in [4.69, 9.17) is 14.2 Å². The third kappa shape index (κ3) is 5.02. The van der Waals surface area contributed by atoms with Crippen molar-refractivity contribution in [3.05, 3.63) is 23.8 Å². The van der Waals surface area contributed by atoms with Gasteiger partial charge >= 0.3 is 12.0 Å². The molecule has 3 rings (SSSR count). The maximum atomic E-state index is 13.2. The summed E-state index contributed by atoms with van der Waals surface area (Å²) in [5.41, 5.74) is 0.891. The van der Waals surface area contributed by atoms with E-state index in [0.717, 1.165) is 0 Å². The van der Waals surface area contributed by atoms with Crippen LogP contribution in [0, 0.1) is 0 Å². The van der Waals surface area contributed by atoms with E-state index < -0.39 is 0 Å². The first-order valence-electron chi connectivity index (χ1n) is 10.1. The van der Waals surface area contributed by atoms with Gasteiger partial charge in [0.1, 0.15) is 18.5 Å². The summed E-state index contributed by atoms with van der Waals surface area (Å²) in [5, 5.41) is 5.48. The third-order valence-corrected chi connectivity index (χ3v) is 5.31. The van der Waals surface area contributed by atoms with Gasteiger partial charge in [0, 0.05) is 18.8 Å². The van der Waals surface area contributed by atoms with Gasteiger partial charge in [0.25, 0.3) is 5.91 Å². The molecule has 2 N–H and O–H groups in total. The summed E-state index contributed by atoms with van der Waals surface area (Å²) in [6.07, 6.45) is 0.933. The molecular formula is C21H29N3O6. The van der Waals surface area contributed by atoms with Crippen molar-refractivity contribution >= 4 is 23.6 Å². The van der Waals surface area contributed by atoms with Gasteiger partial charge in [0.05, 0.1) is 31.2 Å². The molecule has 3 amide bonds. The summed E-state index contributed by atoms with van der Waals surface area (Å²) in [6, 6.07) is 4.47. The number of amides is 3. The number of carbonyl (C=O) groups is 3. The summed E-state index contributed by atoms with van der Waals surface area (Å²) in [5.74, 6) is -0.0945. The minimum absolute atomic E-state index is 0.00307. The molecule has 30 heavy (non-hydrogen) atoms. The van der Waals surface area contributed by atoms with Crippen LogP contribution in [0.5, 0.6) is 5.75 Å². The van der Waals surface area contributed by atoms with Crippen molar-refractivity contribution in [2.75, 3.05) is 26.1 Å². The van der Waals surface area contributed by atoms with Crippen LogP contribution in [0.15, 0.2) is 18.2 Å². The topological polar surface area (TPSA) is 106 Å². The number of methoxy groups -OCH3 is 1. The number of nitrogens with one attached hydrogen (secondary N) is 2. The summed E-state index contributed by atoms with van der Waals surface area (Å²) in [6.45, 7) is 3.99. The predicted octanol–water partition coefficient (Wildman–Crippen LogP) is 2.16. The van der Waals surface area contributed by atoms with E-state index in [1.54, 1.807) is 30.1 Å². The number of rotatable bonds is 4. The molecule has 1 aromatic carbocycles.